The molecule has 0 heterocycles. The molecular formula is C18H18ClN3O4. The van der Waals surface area contributed by atoms with Crippen LogP contribution in [0.2, 0.25) is 5.02 Å². The summed E-state index contributed by atoms with van der Waals surface area (Å²) in [6.07, 6.45) is 1.31. The fourth-order valence-corrected chi connectivity index (χ4v) is 2.13. The Bertz CT molecular complexity index is 820. The number of nitro benzene ring substituents is 1. The minimum atomic E-state index is -0.582. The largest absolute Gasteiger partial charge is 0.493 e. The van der Waals surface area contributed by atoms with Crippen LogP contribution in [0.4, 0.5) is 5.69 Å². The van der Waals surface area contributed by atoms with Gasteiger partial charge in [-0.2, -0.15) is 5.10 Å². The van der Waals surface area contributed by atoms with Crippen LogP contribution in [-0.2, 0) is 0 Å². The third-order valence-corrected chi connectivity index (χ3v) is 3.57. The summed E-state index contributed by atoms with van der Waals surface area (Å²) in [7, 11) is 0. The molecule has 2 rings (SSSR count). The number of carbonyl (C=O) groups is 1. The van der Waals surface area contributed by atoms with Gasteiger partial charge in [-0.15, -0.1) is 0 Å². The van der Waals surface area contributed by atoms with E-state index in [1.54, 1.807) is 30.3 Å². The topological polar surface area (TPSA) is 93.8 Å². The lowest BCUT2D eigenvalue weighted by atomic mass is 10.2. The van der Waals surface area contributed by atoms with E-state index in [1.165, 1.54) is 18.3 Å². The van der Waals surface area contributed by atoms with Crippen LogP contribution in [0.15, 0.2) is 47.6 Å². The molecule has 0 radical (unpaired) electrons. The van der Waals surface area contributed by atoms with Gasteiger partial charge in [-0.05, 0) is 36.2 Å². The molecule has 0 aromatic heterocycles. The summed E-state index contributed by atoms with van der Waals surface area (Å²) in [4.78, 5) is 22.3. The van der Waals surface area contributed by atoms with Gasteiger partial charge in [0.2, 0.25) is 0 Å². The molecule has 0 spiro atoms. The van der Waals surface area contributed by atoms with Crippen LogP contribution in [0.3, 0.4) is 0 Å². The van der Waals surface area contributed by atoms with Gasteiger partial charge in [0.25, 0.3) is 11.6 Å². The number of hydrogen-bond acceptors (Lipinski definition) is 5. The van der Waals surface area contributed by atoms with E-state index in [0.717, 1.165) is 0 Å². The first-order valence-electron chi connectivity index (χ1n) is 7.87. The zero-order chi connectivity index (χ0) is 19.1. The highest BCUT2D eigenvalue weighted by Gasteiger charge is 2.12. The van der Waals surface area contributed by atoms with Crippen LogP contribution in [-0.4, -0.2) is 23.7 Å². The molecular weight excluding hydrogens is 358 g/mol. The first kappa shape index (κ1) is 19.4. The van der Waals surface area contributed by atoms with Gasteiger partial charge in [-0.3, -0.25) is 14.9 Å². The van der Waals surface area contributed by atoms with Gasteiger partial charge in [0.15, 0.2) is 0 Å². The molecule has 0 aliphatic carbocycles. The Morgan fingerprint density at radius 3 is 2.62 bits per heavy atom. The van der Waals surface area contributed by atoms with Gasteiger partial charge in [0.05, 0.1) is 17.7 Å². The summed E-state index contributed by atoms with van der Waals surface area (Å²) in [5.74, 6) is 0.698. The number of nitrogens with zero attached hydrogens (tertiary/aromatic N) is 2. The molecule has 0 aliphatic heterocycles. The van der Waals surface area contributed by atoms with E-state index in [9.17, 15) is 14.9 Å². The maximum atomic E-state index is 12.0. The highest BCUT2D eigenvalue weighted by atomic mass is 35.5. The smallest absolute Gasteiger partial charge is 0.288 e. The standard InChI is InChI=1S/C18H18ClN3O4/c1-12(2)11-26-15-6-4-14(5-7-15)18(23)21-20-10-13-3-8-16(19)17(9-13)22(24)25/h3-10,12H,11H2,1-2H3,(H,21,23). The van der Waals surface area contributed by atoms with Gasteiger partial charge in [0, 0.05) is 17.2 Å². The Hall–Kier alpha value is -2.93. The van der Waals surface area contributed by atoms with Gasteiger partial charge in [-0.1, -0.05) is 31.5 Å². The Balaban J connectivity index is 1.96. The molecule has 0 saturated carbocycles. The second kappa shape index (κ2) is 8.96. The molecule has 26 heavy (non-hydrogen) atoms. The maximum Gasteiger partial charge on any atom is 0.288 e. The average molecular weight is 376 g/mol. The first-order chi connectivity index (χ1) is 12.4. The van der Waals surface area contributed by atoms with E-state index in [0.29, 0.717) is 29.4 Å². The lowest BCUT2D eigenvalue weighted by molar-refractivity contribution is -0.384. The lowest BCUT2D eigenvalue weighted by Crippen LogP contribution is -2.17. The SMILES string of the molecule is CC(C)COc1ccc(C(=O)NN=Cc2ccc(Cl)c([N+](=O)[O-])c2)cc1. The third kappa shape index (κ3) is 5.56. The minimum absolute atomic E-state index is 0.0379. The van der Waals surface area contributed by atoms with Crippen molar-refractivity contribution >= 4 is 29.4 Å². The highest BCUT2D eigenvalue weighted by molar-refractivity contribution is 6.32. The van der Waals surface area contributed by atoms with Crippen LogP contribution in [0.25, 0.3) is 0 Å². The highest BCUT2D eigenvalue weighted by Crippen LogP contribution is 2.24. The van der Waals surface area contributed by atoms with Crippen molar-refractivity contribution < 1.29 is 14.5 Å². The van der Waals surface area contributed by atoms with E-state index in [1.807, 2.05) is 0 Å². The number of ether oxygens (including phenoxy) is 1. The Labute approximate surface area is 155 Å². The van der Waals surface area contributed by atoms with Crippen molar-refractivity contribution in [2.75, 3.05) is 6.61 Å². The number of amides is 1. The number of halogens is 1. The molecule has 0 bridgehead atoms. The van der Waals surface area contributed by atoms with Crippen LogP contribution < -0.4 is 10.2 Å². The van der Waals surface area contributed by atoms with Gasteiger partial charge in [-0.25, -0.2) is 5.43 Å². The number of nitro groups is 1. The van der Waals surface area contributed by atoms with Gasteiger partial charge >= 0.3 is 0 Å². The summed E-state index contributed by atoms with van der Waals surface area (Å²) in [5.41, 5.74) is 3.01. The Morgan fingerprint density at radius 2 is 2.00 bits per heavy atom. The quantitative estimate of drug-likeness (QED) is 0.448. The zero-order valence-electron chi connectivity index (χ0n) is 14.3. The van der Waals surface area contributed by atoms with E-state index < -0.39 is 10.8 Å². The first-order valence-corrected chi connectivity index (χ1v) is 8.25. The van der Waals surface area contributed by atoms with Crippen LogP contribution in [0.5, 0.6) is 5.75 Å². The number of rotatable bonds is 7. The summed E-state index contributed by atoms with van der Waals surface area (Å²) >= 11 is 5.74. The average Bonchev–Trinajstić information content (AvgIpc) is 2.61. The van der Waals surface area contributed by atoms with Crippen molar-refractivity contribution in [1.29, 1.82) is 0 Å². The number of carbonyl (C=O) groups excluding carboxylic acids is 1. The second-order valence-electron chi connectivity index (χ2n) is 5.90. The molecule has 8 heteroatoms. The van der Waals surface area contributed by atoms with Crippen molar-refractivity contribution in [2.24, 2.45) is 11.0 Å². The molecule has 2 aromatic carbocycles. The number of hydrogen-bond donors (Lipinski definition) is 1. The summed E-state index contributed by atoms with van der Waals surface area (Å²) < 4.78 is 5.55. The second-order valence-corrected chi connectivity index (χ2v) is 6.30. The van der Waals surface area contributed by atoms with Crippen molar-refractivity contribution in [2.45, 2.75) is 13.8 Å². The molecule has 0 unspecified atom stereocenters. The van der Waals surface area contributed by atoms with Gasteiger partial charge in [0.1, 0.15) is 10.8 Å². The fraction of sp³-hybridized carbons (Fsp3) is 0.222. The molecule has 1 N–H and O–H groups in total. The van der Waals surface area contributed by atoms with E-state index in [-0.39, 0.29) is 10.7 Å². The molecule has 0 fully saturated rings. The lowest BCUT2D eigenvalue weighted by Gasteiger charge is -2.08. The zero-order valence-corrected chi connectivity index (χ0v) is 15.1. The van der Waals surface area contributed by atoms with Gasteiger partial charge < -0.3 is 4.74 Å². The molecule has 136 valence electrons. The van der Waals surface area contributed by atoms with Crippen molar-refractivity contribution in [3.8, 4) is 5.75 Å². The molecule has 0 atom stereocenters. The summed E-state index contributed by atoms with van der Waals surface area (Å²) in [6.45, 7) is 4.70. The van der Waals surface area contributed by atoms with Crippen molar-refractivity contribution in [3.05, 3.63) is 68.7 Å². The Morgan fingerprint density at radius 1 is 1.31 bits per heavy atom. The molecule has 2 aromatic rings. The van der Waals surface area contributed by atoms with Crippen LogP contribution in [0.1, 0.15) is 29.8 Å². The third-order valence-electron chi connectivity index (χ3n) is 3.25. The van der Waals surface area contributed by atoms with E-state index >= 15 is 0 Å². The summed E-state index contributed by atoms with van der Waals surface area (Å²) in [5, 5.41) is 14.7. The number of benzene rings is 2. The normalized spacial score (nSPS) is 10.9. The number of hydrazone groups is 1. The van der Waals surface area contributed by atoms with E-state index in [2.05, 4.69) is 24.4 Å². The summed E-state index contributed by atoms with van der Waals surface area (Å²) in [6, 6.07) is 10.9. The predicted molar refractivity (Wildman–Crippen MR) is 99.9 cm³/mol. The van der Waals surface area contributed by atoms with E-state index in [4.69, 9.17) is 16.3 Å². The molecule has 0 saturated heterocycles. The van der Waals surface area contributed by atoms with Crippen LogP contribution >= 0.6 is 11.6 Å². The monoisotopic (exact) mass is 375 g/mol. The molecule has 7 nitrogen and oxygen atoms in total. The fourth-order valence-electron chi connectivity index (χ4n) is 1.95. The van der Waals surface area contributed by atoms with Crippen LogP contribution in [0, 0.1) is 16.0 Å². The maximum absolute atomic E-state index is 12.0. The molecule has 1 amide bonds. The van der Waals surface area contributed by atoms with Crippen molar-refractivity contribution in [1.82, 2.24) is 5.43 Å². The Kier molecular flexibility index (Phi) is 6.68. The minimum Gasteiger partial charge on any atom is -0.493 e. The number of nitrogens with one attached hydrogen (secondary N) is 1. The molecule has 0 aliphatic rings. The van der Waals surface area contributed by atoms with Crippen molar-refractivity contribution in [3.63, 3.8) is 0 Å². The predicted octanol–water partition coefficient (Wildman–Crippen LogP) is 4.05.